The standard InChI is InChI=1S/C19H16FN3OS2/c20-13-8-5-12(6-9-13)7-10-17(24)22-19(25)23-18-15(11-21)14-3-1-2-4-16(14)26-18/h5-10H,1-4H2,(H2,22,23,24,25). The van der Waals surface area contributed by atoms with Gasteiger partial charge in [-0.05, 0) is 67.2 Å². The van der Waals surface area contributed by atoms with Crippen molar-refractivity contribution in [2.75, 3.05) is 5.32 Å². The predicted octanol–water partition coefficient (Wildman–Crippen LogP) is 4.16. The Labute approximate surface area is 160 Å². The maximum atomic E-state index is 12.9. The van der Waals surface area contributed by atoms with Crippen LogP contribution < -0.4 is 10.6 Å². The Hall–Kier alpha value is -2.56. The molecule has 1 amide bonds. The Morgan fingerprint density at radius 2 is 2.00 bits per heavy atom. The van der Waals surface area contributed by atoms with Crippen molar-refractivity contribution in [3.63, 3.8) is 0 Å². The molecular formula is C19H16FN3OS2. The monoisotopic (exact) mass is 385 g/mol. The summed E-state index contributed by atoms with van der Waals surface area (Å²) in [7, 11) is 0. The molecule has 132 valence electrons. The number of nitrogens with zero attached hydrogens (tertiary/aromatic N) is 1. The summed E-state index contributed by atoms with van der Waals surface area (Å²) in [5, 5.41) is 15.8. The molecular weight excluding hydrogens is 369 g/mol. The van der Waals surface area contributed by atoms with Gasteiger partial charge in [-0.15, -0.1) is 11.3 Å². The van der Waals surface area contributed by atoms with Crippen LogP contribution in [-0.4, -0.2) is 11.0 Å². The molecule has 0 bridgehead atoms. The smallest absolute Gasteiger partial charge is 0.250 e. The van der Waals surface area contributed by atoms with Gasteiger partial charge in [0, 0.05) is 11.0 Å². The topological polar surface area (TPSA) is 64.9 Å². The zero-order valence-corrected chi connectivity index (χ0v) is 15.5. The van der Waals surface area contributed by atoms with Crippen molar-refractivity contribution in [1.82, 2.24) is 5.32 Å². The quantitative estimate of drug-likeness (QED) is 0.615. The van der Waals surface area contributed by atoms with Crippen LogP contribution in [-0.2, 0) is 17.6 Å². The number of fused-ring (bicyclic) bond motifs is 1. The first-order valence-corrected chi connectivity index (χ1v) is 9.39. The molecule has 1 heterocycles. The zero-order valence-electron chi connectivity index (χ0n) is 13.8. The number of thiophene rings is 1. The number of aryl methyl sites for hydroxylation is 1. The molecule has 0 aliphatic heterocycles. The number of anilines is 1. The number of hydrogen-bond acceptors (Lipinski definition) is 4. The van der Waals surface area contributed by atoms with Crippen LogP contribution in [0.5, 0.6) is 0 Å². The lowest BCUT2D eigenvalue weighted by Crippen LogP contribution is -2.32. The van der Waals surface area contributed by atoms with Crippen molar-refractivity contribution in [2.45, 2.75) is 25.7 Å². The van der Waals surface area contributed by atoms with Crippen LogP contribution in [0.3, 0.4) is 0 Å². The van der Waals surface area contributed by atoms with Crippen LogP contribution >= 0.6 is 23.6 Å². The molecule has 7 heteroatoms. The summed E-state index contributed by atoms with van der Waals surface area (Å²) in [6, 6.07) is 8.04. The van der Waals surface area contributed by atoms with Gasteiger partial charge in [0.2, 0.25) is 5.91 Å². The van der Waals surface area contributed by atoms with E-state index in [2.05, 4.69) is 16.7 Å². The maximum Gasteiger partial charge on any atom is 0.250 e. The highest BCUT2D eigenvalue weighted by Crippen LogP contribution is 2.37. The minimum atomic E-state index is -0.397. The normalized spacial score (nSPS) is 13.1. The van der Waals surface area contributed by atoms with Gasteiger partial charge >= 0.3 is 0 Å². The van der Waals surface area contributed by atoms with Gasteiger partial charge < -0.3 is 5.32 Å². The van der Waals surface area contributed by atoms with Crippen molar-refractivity contribution < 1.29 is 9.18 Å². The van der Waals surface area contributed by atoms with Gasteiger partial charge in [0.15, 0.2) is 5.11 Å². The number of carbonyl (C=O) groups is 1. The van der Waals surface area contributed by atoms with Crippen molar-refractivity contribution in [1.29, 1.82) is 5.26 Å². The second-order valence-corrected chi connectivity index (χ2v) is 7.37. The molecule has 1 aliphatic rings. The lowest BCUT2D eigenvalue weighted by Gasteiger charge is -2.09. The molecule has 0 saturated heterocycles. The number of carbonyl (C=O) groups excluding carboxylic acids is 1. The number of amides is 1. The van der Waals surface area contributed by atoms with E-state index in [-0.39, 0.29) is 10.9 Å². The van der Waals surface area contributed by atoms with E-state index < -0.39 is 5.91 Å². The molecule has 2 N–H and O–H groups in total. The Morgan fingerprint density at radius 3 is 2.73 bits per heavy atom. The molecule has 4 nitrogen and oxygen atoms in total. The van der Waals surface area contributed by atoms with Crippen molar-refractivity contribution in [3.8, 4) is 6.07 Å². The van der Waals surface area contributed by atoms with Gasteiger partial charge in [-0.3, -0.25) is 10.1 Å². The number of thiocarbonyl (C=S) groups is 1. The molecule has 2 aromatic rings. The van der Waals surface area contributed by atoms with Crippen molar-refractivity contribution in [3.05, 3.63) is 57.7 Å². The Bertz CT molecular complexity index is 910. The van der Waals surface area contributed by atoms with E-state index >= 15 is 0 Å². The second kappa shape index (κ2) is 8.21. The minimum absolute atomic E-state index is 0.147. The zero-order chi connectivity index (χ0) is 18.5. The Balaban J connectivity index is 1.62. The number of nitrogens with one attached hydrogen (secondary N) is 2. The van der Waals surface area contributed by atoms with E-state index in [1.165, 1.54) is 34.4 Å². The Morgan fingerprint density at radius 1 is 1.27 bits per heavy atom. The molecule has 0 atom stereocenters. The fraction of sp³-hybridized carbons (Fsp3) is 0.211. The first-order chi connectivity index (χ1) is 12.6. The molecule has 0 unspecified atom stereocenters. The van der Waals surface area contributed by atoms with E-state index in [4.69, 9.17) is 12.2 Å². The van der Waals surface area contributed by atoms with Gasteiger partial charge in [-0.1, -0.05) is 12.1 Å². The first-order valence-electron chi connectivity index (χ1n) is 8.17. The third kappa shape index (κ3) is 4.34. The number of halogens is 1. The van der Waals surface area contributed by atoms with Gasteiger partial charge in [0.25, 0.3) is 0 Å². The van der Waals surface area contributed by atoms with Gasteiger partial charge in [-0.2, -0.15) is 5.26 Å². The van der Waals surface area contributed by atoms with Crippen LogP contribution in [0.2, 0.25) is 0 Å². The summed E-state index contributed by atoms with van der Waals surface area (Å²) in [5.41, 5.74) is 2.44. The maximum absolute atomic E-state index is 12.9. The predicted molar refractivity (Wildman–Crippen MR) is 105 cm³/mol. The number of rotatable bonds is 3. The van der Waals surface area contributed by atoms with E-state index in [1.807, 2.05) is 0 Å². The summed E-state index contributed by atoms with van der Waals surface area (Å²) in [6.07, 6.45) is 7.01. The second-order valence-electron chi connectivity index (χ2n) is 5.86. The van der Waals surface area contributed by atoms with E-state index in [9.17, 15) is 14.4 Å². The highest BCUT2D eigenvalue weighted by atomic mass is 32.1. The van der Waals surface area contributed by atoms with Gasteiger partial charge in [0.1, 0.15) is 16.9 Å². The summed E-state index contributed by atoms with van der Waals surface area (Å²) in [4.78, 5) is 13.2. The molecule has 0 saturated carbocycles. The van der Waals surface area contributed by atoms with Crippen LogP contribution in [0.1, 0.15) is 34.4 Å². The van der Waals surface area contributed by atoms with Crippen molar-refractivity contribution >= 4 is 45.7 Å². The average molecular weight is 385 g/mol. The highest BCUT2D eigenvalue weighted by molar-refractivity contribution is 7.80. The summed E-state index contributed by atoms with van der Waals surface area (Å²) < 4.78 is 12.9. The van der Waals surface area contributed by atoms with Crippen LogP contribution in [0, 0.1) is 17.1 Å². The lowest BCUT2D eigenvalue weighted by molar-refractivity contribution is -0.115. The fourth-order valence-corrected chi connectivity index (χ4v) is 4.32. The lowest BCUT2D eigenvalue weighted by atomic mass is 9.96. The fourth-order valence-electron chi connectivity index (χ4n) is 2.81. The van der Waals surface area contributed by atoms with Gasteiger partial charge in [0.05, 0.1) is 5.56 Å². The largest absolute Gasteiger partial charge is 0.323 e. The number of nitriles is 1. The molecule has 1 aliphatic carbocycles. The number of hydrogen-bond donors (Lipinski definition) is 2. The van der Waals surface area contributed by atoms with Crippen LogP contribution in [0.15, 0.2) is 30.3 Å². The average Bonchev–Trinajstić information content (AvgIpc) is 2.97. The minimum Gasteiger partial charge on any atom is -0.323 e. The Kier molecular flexibility index (Phi) is 5.76. The third-order valence-corrected chi connectivity index (χ3v) is 5.46. The van der Waals surface area contributed by atoms with E-state index in [0.717, 1.165) is 31.2 Å². The SMILES string of the molecule is N#Cc1c(NC(=S)NC(=O)C=Cc2ccc(F)cc2)sc2c1CCCC2. The molecule has 26 heavy (non-hydrogen) atoms. The molecule has 1 aromatic carbocycles. The molecule has 0 fully saturated rings. The summed E-state index contributed by atoms with van der Waals surface area (Å²) in [6.45, 7) is 0. The van der Waals surface area contributed by atoms with E-state index in [0.29, 0.717) is 16.1 Å². The van der Waals surface area contributed by atoms with Crippen molar-refractivity contribution in [2.24, 2.45) is 0 Å². The molecule has 3 rings (SSSR count). The molecule has 0 radical (unpaired) electrons. The summed E-state index contributed by atoms with van der Waals surface area (Å²) >= 11 is 6.71. The highest BCUT2D eigenvalue weighted by Gasteiger charge is 2.21. The first kappa shape index (κ1) is 18.2. The van der Waals surface area contributed by atoms with Crippen LogP contribution in [0.25, 0.3) is 6.08 Å². The summed E-state index contributed by atoms with van der Waals surface area (Å²) in [5.74, 6) is -0.726. The molecule has 0 spiro atoms. The van der Waals surface area contributed by atoms with E-state index in [1.54, 1.807) is 18.2 Å². The third-order valence-electron chi connectivity index (χ3n) is 4.04. The van der Waals surface area contributed by atoms with Gasteiger partial charge in [-0.25, -0.2) is 4.39 Å². The number of benzene rings is 1. The van der Waals surface area contributed by atoms with Crippen LogP contribution in [0.4, 0.5) is 9.39 Å². The molecule has 1 aromatic heterocycles.